The highest BCUT2D eigenvalue weighted by Crippen LogP contribution is 2.00. The molecular weight excluding hydrogens is 128 g/mol. The van der Waals surface area contributed by atoms with Gasteiger partial charge in [0.05, 0.1) is 6.10 Å². The van der Waals surface area contributed by atoms with Crippen molar-refractivity contribution in [3.05, 3.63) is 24.5 Å². The lowest BCUT2D eigenvalue weighted by atomic mass is 10.2. The van der Waals surface area contributed by atoms with Gasteiger partial charge in [-0.1, -0.05) is 13.5 Å². The Morgan fingerprint density at radius 2 is 2.30 bits per heavy atom. The Kier molecular flexibility index (Phi) is 4.67. The molecule has 0 aromatic heterocycles. The number of rotatable bonds is 4. The molecule has 0 saturated heterocycles. The highest BCUT2D eigenvalue weighted by molar-refractivity contribution is 5.06. The predicted octanol–water partition coefficient (Wildman–Crippen LogP) is 1.78. The molecule has 0 aromatic carbocycles. The van der Waals surface area contributed by atoms with Crippen molar-refractivity contribution in [3.8, 4) is 0 Å². The molecule has 0 radical (unpaired) electrons. The van der Waals surface area contributed by atoms with Gasteiger partial charge in [0.25, 0.3) is 0 Å². The molecule has 10 heavy (non-hydrogen) atoms. The summed E-state index contributed by atoms with van der Waals surface area (Å²) in [6, 6.07) is 0. The Morgan fingerprint density at radius 3 is 2.70 bits per heavy atom. The van der Waals surface area contributed by atoms with Crippen LogP contribution in [-0.2, 0) is 0 Å². The molecule has 0 saturated carbocycles. The van der Waals surface area contributed by atoms with E-state index in [0.29, 0.717) is 12.8 Å². The van der Waals surface area contributed by atoms with Crippen molar-refractivity contribution in [2.24, 2.45) is 0 Å². The summed E-state index contributed by atoms with van der Waals surface area (Å²) >= 11 is 0. The van der Waals surface area contributed by atoms with Crippen LogP contribution in [0.5, 0.6) is 0 Å². The summed E-state index contributed by atoms with van der Waals surface area (Å²) in [6.07, 6.45) is 3.76. The number of hydrogen-bond donors (Lipinski definition) is 2. The fraction of sp³-hybridized carbons (Fsp3) is 0.500. The summed E-state index contributed by atoms with van der Waals surface area (Å²) < 4.78 is 0. The molecule has 0 aliphatic carbocycles. The molecular formula is C8H14O2. The van der Waals surface area contributed by atoms with E-state index < -0.39 is 0 Å². The van der Waals surface area contributed by atoms with Crippen LogP contribution in [0.1, 0.15) is 19.8 Å². The van der Waals surface area contributed by atoms with E-state index in [-0.39, 0.29) is 11.9 Å². The van der Waals surface area contributed by atoms with Crippen molar-refractivity contribution in [1.29, 1.82) is 0 Å². The Balaban J connectivity index is 3.60. The largest absolute Gasteiger partial charge is 0.508 e. The minimum Gasteiger partial charge on any atom is -0.508 e. The number of allylic oxidation sites excluding steroid dienone is 1. The Labute approximate surface area is 61.5 Å². The zero-order valence-corrected chi connectivity index (χ0v) is 6.25. The maximum absolute atomic E-state index is 9.01. The molecule has 58 valence electrons. The molecule has 0 spiro atoms. The lowest BCUT2D eigenvalue weighted by molar-refractivity contribution is 0.172. The second-order valence-corrected chi connectivity index (χ2v) is 2.13. The van der Waals surface area contributed by atoms with Gasteiger partial charge in [-0.05, 0) is 25.0 Å². The molecule has 0 heterocycles. The van der Waals surface area contributed by atoms with Gasteiger partial charge in [-0.3, -0.25) is 0 Å². The molecule has 1 atom stereocenters. The molecule has 0 amide bonds. The third-order valence-electron chi connectivity index (χ3n) is 1.28. The molecule has 0 aromatic rings. The summed E-state index contributed by atoms with van der Waals surface area (Å²) in [4.78, 5) is 0. The molecule has 2 N–H and O–H groups in total. The van der Waals surface area contributed by atoms with E-state index >= 15 is 0 Å². The van der Waals surface area contributed by atoms with Crippen LogP contribution in [0.15, 0.2) is 24.5 Å². The van der Waals surface area contributed by atoms with Crippen LogP contribution in [0.25, 0.3) is 0 Å². The van der Waals surface area contributed by atoms with Crippen molar-refractivity contribution < 1.29 is 10.2 Å². The summed E-state index contributed by atoms with van der Waals surface area (Å²) in [6.45, 7) is 5.26. The van der Waals surface area contributed by atoms with E-state index in [1.54, 1.807) is 6.08 Å². The minimum atomic E-state index is -0.345. The molecule has 0 rings (SSSR count). The molecule has 2 nitrogen and oxygen atoms in total. The van der Waals surface area contributed by atoms with Crippen LogP contribution in [0.3, 0.4) is 0 Å². The van der Waals surface area contributed by atoms with Gasteiger partial charge in [-0.25, -0.2) is 0 Å². The Morgan fingerprint density at radius 1 is 1.70 bits per heavy atom. The average molecular weight is 142 g/mol. The Hall–Kier alpha value is -0.760. The van der Waals surface area contributed by atoms with E-state index in [9.17, 15) is 0 Å². The van der Waals surface area contributed by atoms with Gasteiger partial charge >= 0.3 is 0 Å². The SMILES string of the molecule is C=C/C(O)=C/CC(O)CC. The zero-order valence-electron chi connectivity index (χ0n) is 6.25. The number of hydrogen-bond acceptors (Lipinski definition) is 2. The Bertz CT molecular complexity index is 127. The third kappa shape index (κ3) is 4.15. The second kappa shape index (κ2) is 5.06. The molecule has 1 unspecified atom stereocenters. The summed E-state index contributed by atoms with van der Waals surface area (Å²) in [5.74, 6) is 0.132. The molecule has 2 heteroatoms. The van der Waals surface area contributed by atoms with E-state index in [1.165, 1.54) is 6.08 Å². The lowest BCUT2D eigenvalue weighted by Crippen LogP contribution is -2.01. The summed E-state index contributed by atoms with van der Waals surface area (Å²) in [5, 5.41) is 17.8. The highest BCUT2D eigenvalue weighted by atomic mass is 16.3. The third-order valence-corrected chi connectivity index (χ3v) is 1.28. The molecule has 0 aliphatic rings. The fourth-order valence-electron chi connectivity index (χ4n) is 0.507. The first-order valence-electron chi connectivity index (χ1n) is 3.40. The van der Waals surface area contributed by atoms with Crippen molar-refractivity contribution >= 4 is 0 Å². The minimum absolute atomic E-state index is 0.132. The van der Waals surface area contributed by atoms with Gasteiger partial charge in [0, 0.05) is 0 Å². The van der Waals surface area contributed by atoms with E-state index in [1.807, 2.05) is 6.92 Å². The van der Waals surface area contributed by atoms with Crippen LogP contribution < -0.4 is 0 Å². The summed E-state index contributed by atoms with van der Waals surface area (Å²) in [7, 11) is 0. The topological polar surface area (TPSA) is 40.5 Å². The van der Waals surface area contributed by atoms with Crippen LogP contribution in [0.2, 0.25) is 0 Å². The van der Waals surface area contributed by atoms with Gasteiger partial charge in [0.1, 0.15) is 5.76 Å². The van der Waals surface area contributed by atoms with Gasteiger partial charge in [-0.2, -0.15) is 0 Å². The first-order chi connectivity index (χ1) is 4.70. The average Bonchev–Trinajstić information content (AvgIpc) is 1.99. The van der Waals surface area contributed by atoms with Crippen LogP contribution in [-0.4, -0.2) is 16.3 Å². The number of aliphatic hydroxyl groups excluding tert-OH is 2. The zero-order chi connectivity index (χ0) is 7.98. The van der Waals surface area contributed by atoms with E-state index in [4.69, 9.17) is 10.2 Å². The molecule has 0 bridgehead atoms. The smallest absolute Gasteiger partial charge is 0.111 e. The van der Waals surface area contributed by atoms with Gasteiger partial charge in [0.15, 0.2) is 0 Å². The van der Waals surface area contributed by atoms with Crippen molar-refractivity contribution in [1.82, 2.24) is 0 Å². The maximum atomic E-state index is 9.01. The summed E-state index contributed by atoms with van der Waals surface area (Å²) in [5.41, 5.74) is 0. The lowest BCUT2D eigenvalue weighted by Gasteiger charge is -2.01. The van der Waals surface area contributed by atoms with Crippen molar-refractivity contribution in [2.75, 3.05) is 0 Å². The van der Waals surface area contributed by atoms with Crippen molar-refractivity contribution in [3.63, 3.8) is 0 Å². The standard InChI is InChI=1S/C8H14O2/c1-3-7(9)5-6-8(10)4-2/h3,5,8-10H,1,4,6H2,2H3/b7-5-. The van der Waals surface area contributed by atoms with Gasteiger partial charge < -0.3 is 10.2 Å². The quantitative estimate of drug-likeness (QED) is 0.464. The van der Waals surface area contributed by atoms with Gasteiger partial charge in [-0.15, -0.1) is 0 Å². The molecule has 0 fully saturated rings. The highest BCUT2D eigenvalue weighted by Gasteiger charge is 1.96. The van der Waals surface area contributed by atoms with Crippen LogP contribution >= 0.6 is 0 Å². The first-order valence-corrected chi connectivity index (χ1v) is 3.40. The molecule has 0 aliphatic heterocycles. The second-order valence-electron chi connectivity index (χ2n) is 2.13. The fourth-order valence-corrected chi connectivity index (χ4v) is 0.507. The van der Waals surface area contributed by atoms with E-state index in [0.717, 1.165) is 0 Å². The monoisotopic (exact) mass is 142 g/mol. The van der Waals surface area contributed by atoms with E-state index in [2.05, 4.69) is 6.58 Å². The maximum Gasteiger partial charge on any atom is 0.111 e. The normalized spacial score (nSPS) is 14.8. The predicted molar refractivity (Wildman–Crippen MR) is 41.8 cm³/mol. The first kappa shape index (κ1) is 9.24. The van der Waals surface area contributed by atoms with Crippen LogP contribution in [0.4, 0.5) is 0 Å². The number of aliphatic hydroxyl groups is 2. The van der Waals surface area contributed by atoms with Crippen molar-refractivity contribution in [2.45, 2.75) is 25.9 Å². The van der Waals surface area contributed by atoms with Gasteiger partial charge in [0.2, 0.25) is 0 Å². The van der Waals surface area contributed by atoms with Crippen LogP contribution in [0, 0.1) is 0 Å².